The molecule has 0 saturated heterocycles. The van der Waals surface area contributed by atoms with Gasteiger partial charge >= 0.3 is 0 Å². The van der Waals surface area contributed by atoms with Crippen LogP contribution in [-0.4, -0.2) is 34.2 Å². The third kappa shape index (κ3) is 3.79. The molecule has 0 atom stereocenters. The Morgan fingerprint density at radius 3 is 2.53 bits per heavy atom. The van der Waals surface area contributed by atoms with Gasteiger partial charge in [0.15, 0.2) is 0 Å². The molecule has 17 heavy (non-hydrogen) atoms. The molecular formula is C14H22N2O. The van der Waals surface area contributed by atoms with Crippen molar-refractivity contribution >= 4 is 0 Å². The van der Waals surface area contributed by atoms with Gasteiger partial charge in [0.1, 0.15) is 0 Å². The fraction of sp³-hybridized carbons (Fsp3) is 0.643. The van der Waals surface area contributed by atoms with E-state index in [1.807, 2.05) is 12.4 Å². The van der Waals surface area contributed by atoms with Crippen LogP contribution in [0.1, 0.15) is 37.7 Å². The van der Waals surface area contributed by atoms with Gasteiger partial charge in [0.05, 0.1) is 6.61 Å². The normalized spacial score (nSPS) is 17.5. The Labute approximate surface area is 103 Å². The van der Waals surface area contributed by atoms with Gasteiger partial charge in [-0.2, -0.15) is 0 Å². The van der Waals surface area contributed by atoms with Crippen LogP contribution in [0.4, 0.5) is 0 Å². The van der Waals surface area contributed by atoms with Gasteiger partial charge in [-0.25, -0.2) is 0 Å². The zero-order chi connectivity index (χ0) is 11.9. The van der Waals surface area contributed by atoms with Crippen LogP contribution in [0, 0.1) is 0 Å². The molecule has 1 saturated carbocycles. The van der Waals surface area contributed by atoms with Crippen molar-refractivity contribution in [2.45, 2.75) is 44.7 Å². The van der Waals surface area contributed by atoms with Crippen molar-refractivity contribution in [2.75, 3.05) is 13.2 Å². The predicted octanol–water partition coefficient (Wildman–Crippen LogP) is 2.21. The van der Waals surface area contributed by atoms with Crippen LogP contribution in [0.3, 0.4) is 0 Å². The molecule has 94 valence electrons. The third-order valence-electron chi connectivity index (χ3n) is 3.61. The average Bonchev–Trinajstić information content (AvgIpc) is 2.40. The molecule has 1 aromatic rings. The van der Waals surface area contributed by atoms with Crippen molar-refractivity contribution in [1.82, 2.24) is 9.88 Å². The molecule has 0 unspecified atom stereocenters. The van der Waals surface area contributed by atoms with Crippen LogP contribution in [0.25, 0.3) is 0 Å². The van der Waals surface area contributed by atoms with Gasteiger partial charge in [-0.15, -0.1) is 0 Å². The van der Waals surface area contributed by atoms with Crippen molar-refractivity contribution in [3.63, 3.8) is 0 Å². The molecule has 0 aliphatic heterocycles. The van der Waals surface area contributed by atoms with E-state index in [1.165, 1.54) is 37.7 Å². The van der Waals surface area contributed by atoms with Crippen molar-refractivity contribution < 1.29 is 5.11 Å². The highest BCUT2D eigenvalue weighted by Crippen LogP contribution is 2.23. The van der Waals surface area contributed by atoms with E-state index in [1.54, 1.807) is 0 Å². The summed E-state index contributed by atoms with van der Waals surface area (Å²) >= 11 is 0. The van der Waals surface area contributed by atoms with Crippen LogP contribution in [0.15, 0.2) is 24.5 Å². The maximum Gasteiger partial charge on any atom is 0.0558 e. The fourth-order valence-electron chi connectivity index (χ4n) is 2.69. The maximum absolute atomic E-state index is 9.19. The van der Waals surface area contributed by atoms with E-state index < -0.39 is 0 Å². The second-order valence-electron chi connectivity index (χ2n) is 4.84. The highest BCUT2D eigenvalue weighted by molar-refractivity contribution is 5.09. The van der Waals surface area contributed by atoms with E-state index in [0.29, 0.717) is 6.04 Å². The Morgan fingerprint density at radius 2 is 1.88 bits per heavy atom. The molecule has 1 aromatic heterocycles. The Kier molecular flexibility index (Phi) is 4.95. The van der Waals surface area contributed by atoms with E-state index in [-0.39, 0.29) is 6.61 Å². The molecule has 0 spiro atoms. The Morgan fingerprint density at radius 1 is 1.18 bits per heavy atom. The third-order valence-corrected chi connectivity index (χ3v) is 3.61. The molecule has 0 aromatic carbocycles. The van der Waals surface area contributed by atoms with Gasteiger partial charge in [0.25, 0.3) is 0 Å². The van der Waals surface area contributed by atoms with Gasteiger partial charge in [-0.3, -0.25) is 9.88 Å². The van der Waals surface area contributed by atoms with Crippen LogP contribution in [0.5, 0.6) is 0 Å². The molecular weight excluding hydrogens is 212 g/mol. The molecule has 1 N–H and O–H groups in total. The molecule has 1 aliphatic rings. The minimum absolute atomic E-state index is 0.252. The SMILES string of the molecule is OCCN(Cc1ccncc1)C1CCCCC1. The first-order chi connectivity index (χ1) is 8.40. The van der Waals surface area contributed by atoms with E-state index in [2.05, 4.69) is 22.0 Å². The first kappa shape index (κ1) is 12.5. The van der Waals surface area contributed by atoms with Crippen LogP contribution >= 0.6 is 0 Å². The second kappa shape index (κ2) is 6.72. The van der Waals surface area contributed by atoms with Gasteiger partial charge in [-0.1, -0.05) is 19.3 Å². The van der Waals surface area contributed by atoms with Crippen LogP contribution in [0.2, 0.25) is 0 Å². The van der Waals surface area contributed by atoms with Gasteiger partial charge in [-0.05, 0) is 30.5 Å². The van der Waals surface area contributed by atoms with Crippen molar-refractivity contribution in [2.24, 2.45) is 0 Å². The summed E-state index contributed by atoms with van der Waals surface area (Å²) in [5.41, 5.74) is 1.29. The Balaban J connectivity index is 1.96. The highest BCUT2D eigenvalue weighted by Gasteiger charge is 2.20. The number of aromatic nitrogens is 1. The largest absolute Gasteiger partial charge is 0.395 e. The summed E-state index contributed by atoms with van der Waals surface area (Å²) < 4.78 is 0. The molecule has 3 heteroatoms. The van der Waals surface area contributed by atoms with Gasteiger partial charge < -0.3 is 5.11 Å². The lowest BCUT2D eigenvalue weighted by molar-refractivity contribution is 0.117. The Bertz CT molecular complexity index is 309. The second-order valence-corrected chi connectivity index (χ2v) is 4.84. The molecule has 0 bridgehead atoms. The molecule has 0 amide bonds. The molecule has 0 radical (unpaired) electrons. The summed E-state index contributed by atoms with van der Waals surface area (Å²) in [5.74, 6) is 0. The highest BCUT2D eigenvalue weighted by atomic mass is 16.3. The number of aliphatic hydroxyl groups is 1. The van der Waals surface area contributed by atoms with Crippen molar-refractivity contribution in [1.29, 1.82) is 0 Å². The average molecular weight is 234 g/mol. The number of nitrogens with zero attached hydrogens (tertiary/aromatic N) is 2. The number of rotatable bonds is 5. The number of pyridine rings is 1. The molecule has 1 heterocycles. The fourth-order valence-corrected chi connectivity index (χ4v) is 2.69. The van der Waals surface area contributed by atoms with E-state index >= 15 is 0 Å². The van der Waals surface area contributed by atoms with Gasteiger partial charge in [0.2, 0.25) is 0 Å². The zero-order valence-corrected chi connectivity index (χ0v) is 10.4. The van der Waals surface area contributed by atoms with Crippen molar-refractivity contribution in [3.05, 3.63) is 30.1 Å². The number of hydrogen-bond donors (Lipinski definition) is 1. The zero-order valence-electron chi connectivity index (χ0n) is 10.4. The lowest BCUT2D eigenvalue weighted by Gasteiger charge is -2.34. The summed E-state index contributed by atoms with van der Waals surface area (Å²) in [6, 6.07) is 4.78. The summed E-state index contributed by atoms with van der Waals surface area (Å²) in [6.45, 7) is 1.97. The van der Waals surface area contributed by atoms with E-state index in [4.69, 9.17) is 0 Å². The lowest BCUT2D eigenvalue weighted by atomic mass is 9.94. The van der Waals surface area contributed by atoms with Crippen LogP contribution < -0.4 is 0 Å². The Hall–Kier alpha value is -0.930. The minimum atomic E-state index is 0.252. The molecule has 1 fully saturated rings. The summed E-state index contributed by atoms with van der Waals surface area (Å²) in [7, 11) is 0. The topological polar surface area (TPSA) is 36.4 Å². The van der Waals surface area contributed by atoms with Crippen molar-refractivity contribution in [3.8, 4) is 0 Å². The van der Waals surface area contributed by atoms with Crippen LogP contribution in [-0.2, 0) is 6.54 Å². The van der Waals surface area contributed by atoms with E-state index in [0.717, 1.165) is 13.1 Å². The maximum atomic E-state index is 9.19. The quantitative estimate of drug-likeness (QED) is 0.848. The standard InChI is InChI=1S/C14H22N2O/c17-11-10-16(14-4-2-1-3-5-14)12-13-6-8-15-9-7-13/h6-9,14,17H,1-5,10-12H2. The monoisotopic (exact) mass is 234 g/mol. The smallest absolute Gasteiger partial charge is 0.0558 e. The lowest BCUT2D eigenvalue weighted by Crippen LogP contribution is -2.38. The number of aliphatic hydroxyl groups excluding tert-OH is 1. The minimum Gasteiger partial charge on any atom is -0.395 e. The van der Waals surface area contributed by atoms with E-state index in [9.17, 15) is 5.11 Å². The number of hydrogen-bond acceptors (Lipinski definition) is 3. The molecule has 2 rings (SSSR count). The van der Waals surface area contributed by atoms with Gasteiger partial charge in [0, 0.05) is 31.5 Å². The molecule has 3 nitrogen and oxygen atoms in total. The molecule has 1 aliphatic carbocycles. The predicted molar refractivity (Wildman–Crippen MR) is 68.6 cm³/mol. The summed E-state index contributed by atoms with van der Waals surface area (Å²) in [4.78, 5) is 6.47. The summed E-state index contributed by atoms with van der Waals surface area (Å²) in [6.07, 6.45) is 10.3. The first-order valence-corrected chi connectivity index (χ1v) is 6.64. The first-order valence-electron chi connectivity index (χ1n) is 6.64. The summed E-state index contributed by atoms with van der Waals surface area (Å²) in [5, 5.41) is 9.19.